The number of ether oxygens (including phenoxy) is 1. The van der Waals surface area contributed by atoms with E-state index < -0.39 is 6.10 Å². The van der Waals surface area contributed by atoms with Crippen LogP contribution in [0.3, 0.4) is 0 Å². The SMILES string of the molecule is Cc1cc(OC(C)[C@@H](C)O)ccc1C(C)C. The Balaban J connectivity index is 2.81. The predicted molar refractivity (Wildman–Crippen MR) is 67.0 cm³/mol. The zero-order valence-electron chi connectivity index (χ0n) is 10.8. The van der Waals surface area contributed by atoms with Gasteiger partial charge < -0.3 is 9.84 Å². The number of aliphatic hydroxyl groups is 1. The Morgan fingerprint density at radius 3 is 2.19 bits per heavy atom. The minimum Gasteiger partial charge on any atom is -0.488 e. The minimum atomic E-state index is -0.454. The molecule has 2 nitrogen and oxygen atoms in total. The molecule has 0 bridgehead atoms. The van der Waals surface area contributed by atoms with E-state index in [2.05, 4.69) is 26.8 Å². The number of aliphatic hydroxyl groups excluding tert-OH is 1. The summed E-state index contributed by atoms with van der Waals surface area (Å²) in [5, 5.41) is 9.37. The molecule has 1 aromatic rings. The molecule has 0 saturated carbocycles. The van der Waals surface area contributed by atoms with E-state index in [1.165, 1.54) is 11.1 Å². The summed E-state index contributed by atoms with van der Waals surface area (Å²) in [5.41, 5.74) is 2.59. The summed E-state index contributed by atoms with van der Waals surface area (Å²) < 4.78 is 5.64. The summed E-state index contributed by atoms with van der Waals surface area (Å²) in [6.45, 7) is 10.1. The molecule has 0 aliphatic rings. The minimum absolute atomic E-state index is 0.177. The van der Waals surface area contributed by atoms with Crippen molar-refractivity contribution in [2.24, 2.45) is 0 Å². The Hall–Kier alpha value is -1.02. The molecule has 90 valence electrons. The quantitative estimate of drug-likeness (QED) is 0.847. The first-order valence-corrected chi connectivity index (χ1v) is 5.87. The van der Waals surface area contributed by atoms with E-state index in [-0.39, 0.29) is 6.10 Å². The van der Waals surface area contributed by atoms with Gasteiger partial charge in [0.25, 0.3) is 0 Å². The van der Waals surface area contributed by atoms with Gasteiger partial charge in [0.05, 0.1) is 6.10 Å². The molecule has 1 rings (SSSR count). The van der Waals surface area contributed by atoms with Crippen molar-refractivity contribution in [3.63, 3.8) is 0 Å². The maximum atomic E-state index is 9.37. The van der Waals surface area contributed by atoms with Crippen LogP contribution < -0.4 is 4.74 Å². The maximum absolute atomic E-state index is 9.37. The number of rotatable bonds is 4. The molecule has 2 heteroatoms. The number of hydrogen-bond acceptors (Lipinski definition) is 2. The van der Waals surface area contributed by atoms with Crippen molar-refractivity contribution < 1.29 is 9.84 Å². The van der Waals surface area contributed by atoms with Gasteiger partial charge in [-0.1, -0.05) is 19.9 Å². The molecule has 1 aromatic carbocycles. The van der Waals surface area contributed by atoms with E-state index in [4.69, 9.17) is 4.74 Å². The molecular formula is C14H22O2. The third-order valence-electron chi connectivity index (χ3n) is 2.86. The summed E-state index contributed by atoms with van der Waals surface area (Å²) in [6, 6.07) is 6.11. The number of hydrogen-bond donors (Lipinski definition) is 1. The van der Waals surface area contributed by atoms with Gasteiger partial charge in [0.15, 0.2) is 0 Å². The molecule has 0 amide bonds. The van der Waals surface area contributed by atoms with Crippen LogP contribution in [-0.2, 0) is 0 Å². The van der Waals surface area contributed by atoms with Crippen LogP contribution in [0.1, 0.15) is 44.7 Å². The zero-order chi connectivity index (χ0) is 12.3. The second kappa shape index (κ2) is 5.35. The van der Waals surface area contributed by atoms with Crippen molar-refractivity contribution in [3.05, 3.63) is 29.3 Å². The maximum Gasteiger partial charge on any atom is 0.121 e. The van der Waals surface area contributed by atoms with Crippen LogP contribution in [0.2, 0.25) is 0 Å². The predicted octanol–water partition coefficient (Wildman–Crippen LogP) is 3.27. The third-order valence-corrected chi connectivity index (χ3v) is 2.86. The summed E-state index contributed by atoms with van der Waals surface area (Å²) in [5.74, 6) is 1.36. The lowest BCUT2D eigenvalue weighted by Crippen LogP contribution is -2.25. The molecule has 0 aliphatic heterocycles. The third kappa shape index (κ3) is 3.24. The molecule has 0 aromatic heterocycles. The molecule has 0 aliphatic carbocycles. The second-order valence-electron chi connectivity index (χ2n) is 4.74. The van der Waals surface area contributed by atoms with Gasteiger partial charge in [-0.3, -0.25) is 0 Å². The highest BCUT2D eigenvalue weighted by atomic mass is 16.5. The first-order valence-electron chi connectivity index (χ1n) is 5.87. The Morgan fingerprint density at radius 1 is 1.12 bits per heavy atom. The van der Waals surface area contributed by atoms with Gasteiger partial charge >= 0.3 is 0 Å². The van der Waals surface area contributed by atoms with Crippen LogP contribution in [-0.4, -0.2) is 17.3 Å². The zero-order valence-corrected chi connectivity index (χ0v) is 10.8. The largest absolute Gasteiger partial charge is 0.488 e. The van der Waals surface area contributed by atoms with Gasteiger partial charge in [0.1, 0.15) is 11.9 Å². The van der Waals surface area contributed by atoms with Crippen molar-refractivity contribution in [1.82, 2.24) is 0 Å². The molecule has 2 atom stereocenters. The van der Waals surface area contributed by atoms with Crippen LogP contribution in [0.4, 0.5) is 0 Å². The fourth-order valence-electron chi connectivity index (χ4n) is 1.68. The van der Waals surface area contributed by atoms with E-state index in [9.17, 15) is 5.11 Å². The lowest BCUT2D eigenvalue weighted by Gasteiger charge is -2.18. The summed E-state index contributed by atoms with van der Waals surface area (Å²) in [4.78, 5) is 0. The standard InChI is InChI=1S/C14H22O2/c1-9(2)14-7-6-13(8-10(14)3)16-12(5)11(4)15/h6-9,11-12,15H,1-5H3/t11-,12?/m1/s1. The van der Waals surface area contributed by atoms with Gasteiger partial charge in [0, 0.05) is 0 Å². The number of benzene rings is 1. The summed E-state index contributed by atoms with van der Waals surface area (Å²) >= 11 is 0. The van der Waals surface area contributed by atoms with E-state index in [1.54, 1.807) is 6.92 Å². The van der Waals surface area contributed by atoms with Gasteiger partial charge in [-0.15, -0.1) is 0 Å². The summed E-state index contributed by atoms with van der Waals surface area (Å²) in [7, 11) is 0. The average Bonchev–Trinajstić information content (AvgIpc) is 2.16. The van der Waals surface area contributed by atoms with Crippen LogP contribution in [0.25, 0.3) is 0 Å². The Labute approximate surface area is 98.3 Å². The van der Waals surface area contributed by atoms with Crippen molar-refractivity contribution >= 4 is 0 Å². The van der Waals surface area contributed by atoms with Gasteiger partial charge in [-0.2, -0.15) is 0 Å². The molecular weight excluding hydrogens is 200 g/mol. The molecule has 16 heavy (non-hydrogen) atoms. The molecule has 0 spiro atoms. The van der Waals surface area contributed by atoms with Crippen LogP contribution in [0.5, 0.6) is 5.75 Å². The topological polar surface area (TPSA) is 29.5 Å². The monoisotopic (exact) mass is 222 g/mol. The van der Waals surface area contributed by atoms with Crippen molar-refractivity contribution in [1.29, 1.82) is 0 Å². The lowest BCUT2D eigenvalue weighted by molar-refractivity contribution is 0.0604. The van der Waals surface area contributed by atoms with Gasteiger partial charge in [-0.05, 0) is 49.9 Å². The average molecular weight is 222 g/mol. The summed E-state index contributed by atoms with van der Waals surface area (Å²) in [6.07, 6.45) is -0.630. The number of aryl methyl sites for hydroxylation is 1. The highest BCUT2D eigenvalue weighted by molar-refractivity contribution is 5.36. The van der Waals surface area contributed by atoms with Crippen molar-refractivity contribution in [2.75, 3.05) is 0 Å². The first kappa shape index (κ1) is 13.0. The Bertz CT molecular complexity index is 343. The van der Waals surface area contributed by atoms with Gasteiger partial charge in [0.2, 0.25) is 0 Å². The highest BCUT2D eigenvalue weighted by Gasteiger charge is 2.11. The van der Waals surface area contributed by atoms with Crippen LogP contribution in [0.15, 0.2) is 18.2 Å². The molecule has 0 heterocycles. The highest BCUT2D eigenvalue weighted by Crippen LogP contribution is 2.24. The normalized spacial score (nSPS) is 14.9. The molecule has 0 saturated heterocycles. The molecule has 0 fully saturated rings. The van der Waals surface area contributed by atoms with E-state index in [1.807, 2.05) is 19.1 Å². The van der Waals surface area contributed by atoms with E-state index in [0.717, 1.165) is 5.75 Å². The fraction of sp³-hybridized carbons (Fsp3) is 0.571. The smallest absolute Gasteiger partial charge is 0.121 e. The van der Waals surface area contributed by atoms with Crippen molar-refractivity contribution in [3.8, 4) is 5.75 Å². The first-order chi connectivity index (χ1) is 7.41. The van der Waals surface area contributed by atoms with Crippen molar-refractivity contribution in [2.45, 2.75) is 52.7 Å². The van der Waals surface area contributed by atoms with Crippen LogP contribution in [0, 0.1) is 6.92 Å². The van der Waals surface area contributed by atoms with Gasteiger partial charge in [-0.25, -0.2) is 0 Å². The molecule has 1 unspecified atom stereocenters. The van der Waals surface area contributed by atoms with Crippen LogP contribution >= 0.6 is 0 Å². The second-order valence-corrected chi connectivity index (χ2v) is 4.74. The Kier molecular flexibility index (Phi) is 4.36. The Morgan fingerprint density at radius 2 is 1.75 bits per heavy atom. The molecule has 0 radical (unpaired) electrons. The van der Waals surface area contributed by atoms with E-state index >= 15 is 0 Å². The van der Waals surface area contributed by atoms with E-state index in [0.29, 0.717) is 5.92 Å². The lowest BCUT2D eigenvalue weighted by atomic mass is 9.98. The molecule has 1 N–H and O–H groups in total. The fourth-order valence-corrected chi connectivity index (χ4v) is 1.68.